The van der Waals surface area contributed by atoms with Crippen LogP contribution in [0.5, 0.6) is 0 Å². The molecule has 1 aromatic heterocycles. The Labute approximate surface area is 117 Å². The fraction of sp³-hybridized carbons (Fsp3) is 0.118. The Hall–Kier alpha value is -2.39. The SMILES string of the molecule is Cc1cc2cc(-c3ccc(CN)cc3)ccc2[nH]c1=O. The number of H-pyrrole nitrogens is 1. The summed E-state index contributed by atoms with van der Waals surface area (Å²) in [6.07, 6.45) is 0. The fourth-order valence-corrected chi connectivity index (χ4v) is 2.33. The largest absolute Gasteiger partial charge is 0.326 e. The Kier molecular flexibility index (Phi) is 3.12. The highest BCUT2D eigenvalue weighted by molar-refractivity contribution is 5.84. The van der Waals surface area contributed by atoms with Gasteiger partial charge in [-0.2, -0.15) is 0 Å². The maximum absolute atomic E-state index is 11.6. The second-order valence-corrected chi connectivity index (χ2v) is 4.98. The van der Waals surface area contributed by atoms with Crippen LogP contribution in [0, 0.1) is 6.92 Å². The van der Waals surface area contributed by atoms with Gasteiger partial charge < -0.3 is 10.7 Å². The minimum absolute atomic E-state index is 0.0300. The maximum Gasteiger partial charge on any atom is 0.251 e. The number of fused-ring (bicyclic) bond motifs is 1. The van der Waals surface area contributed by atoms with Gasteiger partial charge in [0, 0.05) is 17.6 Å². The molecule has 0 atom stereocenters. The molecule has 0 saturated carbocycles. The molecule has 3 heteroatoms. The van der Waals surface area contributed by atoms with Gasteiger partial charge in [-0.05, 0) is 47.2 Å². The zero-order valence-corrected chi connectivity index (χ0v) is 11.3. The van der Waals surface area contributed by atoms with Crippen LogP contribution in [0.25, 0.3) is 22.0 Å². The Balaban J connectivity index is 2.11. The van der Waals surface area contributed by atoms with Crippen molar-refractivity contribution in [2.24, 2.45) is 5.73 Å². The smallest absolute Gasteiger partial charge is 0.251 e. The van der Waals surface area contributed by atoms with E-state index >= 15 is 0 Å². The molecule has 0 aliphatic heterocycles. The second kappa shape index (κ2) is 4.94. The molecule has 3 nitrogen and oxygen atoms in total. The molecule has 3 rings (SSSR count). The normalized spacial score (nSPS) is 10.9. The molecule has 100 valence electrons. The summed E-state index contributed by atoms with van der Waals surface area (Å²) in [4.78, 5) is 14.5. The monoisotopic (exact) mass is 264 g/mol. The van der Waals surface area contributed by atoms with E-state index in [1.165, 1.54) is 0 Å². The summed E-state index contributed by atoms with van der Waals surface area (Å²) in [7, 11) is 0. The van der Waals surface area contributed by atoms with Crippen LogP contribution in [0.3, 0.4) is 0 Å². The Morgan fingerprint density at radius 1 is 1.00 bits per heavy atom. The third-order valence-electron chi connectivity index (χ3n) is 3.55. The molecule has 20 heavy (non-hydrogen) atoms. The van der Waals surface area contributed by atoms with Crippen LogP contribution in [-0.4, -0.2) is 4.98 Å². The standard InChI is InChI=1S/C17H16N2O/c1-11-8-15-9-14(6-7-16(15)19-17(11)20)13-4-2-12(10-18)3-5-13/h2-9H,10,18H2,1H3,(H,19,20). The van der Waals surface area contributed by atoms with E-state index < -0.39 is 0 Å². The average Bonchev–Trinajstić information content (AvgIpc) is 2.48. The zero-order chi connectivity index (χ0) is 14.1. The molecule has 0 spiro atoms. The number of pyridine rings is 1. The number of aryl methyl sites for hydroxylation is 1. The molecule has 0 bridgehead atoms. The third kappa shape index (κ3) is 2.24. The first-order chi connectivity index (χ1) is 9.67. The molecule has 0 aliphatic rings. The van der Waals surface area contributed by atoms with Crippen molar-refractivity contribution in [2.45, 2.75) is 13.5 Å². The molecule has 1 heterocycles. The van der Waals surface area contributed by atoms with E-state index in [-0.39, 0.29) is 5.56 Å². The van der Waals surface area contributed by atoms with E-state index in [0.717, 1.165) is 33.2 Å². The molecular weight excluding hydrogens is 248 g/mol. The van der Waals surface area contributed by atoms with E-state index in [9.17, 15) is 4.79 Å². The summed E-state index contributed by atoms with van der Waals surface area (Å²) in [5, 5.41) is 1.04. The molecular formula is C17H16N2O. The van der Waals surface area contributed by atoms with Gasteiger partial charge in [-0.25, -0.2) is 0 Å². The number of hydrogen-bond acceptors (Lipinski definition) is 2. The van der Waals surface area contributed by atoms with Crippen molar-refractivity contribution in [2.75, 3.05) is 0 Å². The van der Waals surface area contributed by atoms with Crippen molar-refractivity contribution in [3.05, 3.63) is 70.0 Å². The van der Waals surface area contributed by atoms with Crippen molar-refractivity contribution < 1.29 is 0 Å². The van der Waals surface area contributed by atoms with Crippen molar-refractivity contribution in [1.82, 2.24) is 4.98 Å². The summed E-state index contributed by atoms with van der Waals surface area (Å²) >= 11 is 0. The first-order valence-corrected chi connectivity index (χ1v) is 6.60. The number of aromatic nitrogens is 1. The highest BCUT2D eigenvalue weighted by Gasteiger charge is 2.02. The van der Waals surface area contributed by atoms with Gasteiger partial charge in [-0.3, -0.25) is 4.79 Å². The lowest BCUT2D eigenvalue weighted by Gasteiger charge is -2.06. The predicted octanol–water partition coefficient (Wildman–Crippen LogP) is 2.96. The van der Waals surface area contributed by atoms with Crippen LogP contribution in [0.4, 0.5) is 0 Å². The molecule has 0 saturated heterocycles. The lowest BCUT2D eigenvalue weighted by atomic mass is 10.0. The number of aromatic amines is 1. The molecule has 3 N–H and O–H groups in total. The van der Waals surface area contributed by atoms with E-state index in [4.69, 9.17) is 5.73 Å². The quantitative estimate of drug-likeness (QED) is 0.747. The third-order valence-corrected chi connectivity index (χ3v) is 3.55. The summed E-state index contributed by atoms with van der Waals surface area (Å²) in [6, 6.07) is 16.2. The minimum Gasteiger partial charge on any atom is -0.326 e. The highest BCUT2D eigenvalue weighted by atomic mass is 16.1. The van der Waals surface area contributed by atoms with E-state index in [1.807, 2.05) is 37.3 Å². The van der Waals surface area contributed by atoms with E-state index in [0.29, 0.717) is 6.54 Å². The fourth-order valence-electron chi connectivity index (χ4n) is 2.33. The predicted molar refractivity (Wildman–Crippen MR) is 82.6 cm³/mol. The molecule has 0 fully saturated rings. The van der Waals surface area contributed by atoms with Crippen LogP contribution >= 0.6 is 0 Å². The number of benzene rings is 2. The van der Waals surface area contributed by atoms with Crippen molar-refractivity contribution >= 4 is 10.9 Å². The van der Waals surface area contributed by atoms with Crippen LogP contribution in [0.1, 0.15) is 11.1 Å². The Morgan fingerprint density at radius 3 is 2.40 bits per heavy atom. The summed E-state index contributed by atoms with van der Waals surface area (Å²) < 4.78 is 0. The molecule has 2 aromatic carbocycles. The lowest BCUT2D eigenvalue weighted by molar-refractivity contribution is 1.07. The molecule has 0 amide bonds. The molecule has 0 unspecified atom stereocenters. The Bertz CT molecular complexity index is 817. The van der Waals surface area contributed by atoms with Crippen molar-refractivity contribution in [3.8, 4) is 11.1 Å². The summed E-state index contributed by atoms with van der Waals surface area (Å²) in [5.41, 5.74) is 10.6. The number of hydrogen-bond donors (Lipinski definition) is 2. The molecule has 0 radical (unpaired) electrons. The van der Waals surface area contributed by atoms with Gasteiger partial charge in [-0.1, -0.05) is 30.3 Å². The van der Waals surface area contributed by atoms with Crippen molar-refractivity contribution in [3.63, 3.8) is 0 Å². The van der Waals surface area contributed by atoms with Gasteiger partial charge in [-0.15, -0.1) is 0 Å². The number of nitrogens with two attached hydrogens (primary N) is 1. The average molecular weight is 264 g/mol. The molecule has 0 aliphatic carbocycles. The number of nitrogens with one attached hydrogen (secondary N) is 1. The van der Waals surface area contributed by atoms with E-state index in [2.05, 4.69) is 23.2 Å². The van der Waals surface area contributed by atoms with Crippen LogP contribution in [0.15, 0.2) is 53.3 Å². The number of rotatable bonds is 2. The zero-order valence-electron chi connectivity index (χ0n) is 11.3. The van der Waals surface area contributed by atoms with Gasteiger partial charge in [0.05, 0.1) is 0 Å². The van der Waals surface area contributed by atoms with Crippen LogP contribution in [0.2, 0.25) is 0 Å². The minimum atomic E-state index is -0.0300. The topological polar surface area (TPSA) is 58.9 Å². The van der Waals surface area contributed by atoms with Crippen molar-refractivity contribution in [1.29, 1.82) is 0 Å². The summed E-state index contributed by atoms with van der Waals surface area (Å²) in [6.45, 7) is 2.37. The van der Waals surface area contributed by atoms with Gasteiger partial charge in [0.1, 0.15) is 0 Å². The second-order valence-electron chi connectivity index (χ2n) is 4.98. The lowest BCUT2D eigenvalue weighted by Crippen LogP contribution is -2.08. The van der Waals surface area contributed by atoms with Crippen LogP contribution < -0.4 is 11.3 Å². The Morgan fingerprint density at radius 2 is 1.70 bits per heavy atom. The van der Waals surface area contributed by atoms with Gasteiger partial charge in [0.15, 0.2) is 0 Å². The van der Waals surface area contributed by atoms with Gasteiger partial charge in [0.25, 0.3) is 5.56 Å². The first kappa shape index (κ1) is 12.6. The first-order valence-electron chi connectivity index (χ1n) is 6.60. The maximum atomic E-state index is 11.6. The van der Waals surface area contributed by atoms with Gasteiger partial charge >= 0.3 is 0 Å². The van der Waals surface area contributed by atoms with Gasteiger partial charge in [0.2, 0.25) is 0 Å². The van der Waals surface area contributed by atoms with E-state index in [1.54, 1.807) is 0 Å². The highest BCUT2D eigenvalue weighted by Crippen LogP contribution is 2.23. The molecule has 3 aromatic rings. The summed E-state index contributed by atoms with van der Waals surface area (Å²) in [5.74, 6) is 0. The van der Waals surface area contributed by atoms with Crippen LogP contribution in [-0.2, 0) is 6.54 Å².